The third kappa shape index (κ3) is 11.4. The minimum atomic E-state index is 1.01. The third-order valence-corrected chi connectivity index (χ3v) is 26.8. The van der Waals surface area contributed by atoms with Gasteiger partial charge in [0.25, 0.3) is 0 Å². The standard InChI is InChI=1S/C43H26N2.C39H24N2.C38H23N3/c1-4-10-39-30(7-1)25-31(26-44-39)34-22-16-29-17-23-37-33(21-15-28-18-24-38(34)43(29)42(28)37)27-13-19-32(20-14-27)45-40-11-5-2-8-35(40)36-9-3-6-12-41(36)45;1-3-10-36-31(7-1)32-8-2-4-11-37(32)41(36)28-18-12-25(13-19-28)29-20-14-26-17-23-34-30(35-9-5-6-24-40-35)21-15-27-16-22-33(29)38(26)39(27)34;1-3-7-35-31(5-1)32-6-2-4-8-36(32)41(35)28-15-9-24(10-16-28)29-17-11-25-14-20-34-30(27-21-39-23-40-22-27)18-12-26-13-19-33(29)37(25)38(26)34/h1-26H;1-24H;1-23H. The number of aromatic nitrogens is 7. The maximum Gasteiger partial charge on any atom is 0.115 e. The number of pyridine rings is 2. The number of fused-ring (bicyclic) bond motifs is 10. The van der Waals surface area contributed by atoms with Gasteiger partial charge >= 0.3 is 0 Å². The SMILES string of the molecule is c1ccc(-c2ccc3ccc4c(-c5ccc(-n6c7ccccc7c7ccccc76)cc5)ccc5ccc2c3c54)nc1.c1ccc2c(c1)c1ccccc1n2-c1ccc(-c2ccc3ccc4c(-c5cncnc5)ccc5ccc2c3c54)cc1.c1ccc2ncc(-c3ccc4ccc5c(-c6ccc(-n7c8ccccc8c8ccccc87)cc6)ccc6ccc3c4c65)cc2c1. The Balaban J connectivity index is 0.000000101. The summed E-state index contributed by atoms with van der Waals surface area (Å²) < 4.78 is 7.12. The van der Waals surface area contributed by atoms with Gasteiger partial charge in [-0.15, -0.1) is 0 Å². The van der Waals surface area contributed by atoms with Gasteiger partial charge in [0.05, 0.1) is 44.3 Å². The number of benzene rings is 22. The Labute approximate surface area is 729 Å². The number of rotatable bonds is 9. The highest BCUT2D eigenvalue weighted by molar-refractivity contribution is 6.31. The van der Waals surface area contributed by atoms with Crippen molar-refractivity contribution >= 4 is 173 Å². The molecule has 0 unspecified atom stereocenters. The Bertz CT molecular complexity index is 8740. The van der Waals surface area contributed by atoms with Gasteiger partial charge in [-0.05, 0) is 239 Å². The summed E-state index contributed by atoms with van der Waals surface area (Å²) >= 11 is 0. The first-order valence-corrected chi connectivity index (χ1v) is 43.4. The number of hydrogen-bond donors (Lipinski definition) is 0. The van der Waals surface area contributed by atoms with Crippen LogP contribution in [0.4, 0.5) is 0 Å². The Morgan fingerprint density at radius 3 is 0.780 bits per heavy atom. The van der Waals surface area contributed by atoms with Gasteiger partial charge in [0.1, 0.15) is 6.33 Å². The molecule has 0 saturated heterocycles. The van der Waals surface area contributed by atoms with Gasteiger partial charge in [0.15, 0.2) is 0 Å². The molecule has 0 aliphatic heterocycles. The Morgan fingerprint density at radius 1 is 0.173 bits per heavy atom. The van der Waals surface area contributed by atoms with Crippen molar-refractivity contribution in [2.24, 2.45) is 0 Å². The van der Waals surface area contributed by atoms with Crippen molar-refractivity contribution in [1.82, 2.24) is 33.6 Å². The van der Waals surface area contributed by atoms with E-state index in [0.29, 0.717) is 0 Å². The first-order chi connectivity index (χ1) is 63.0. The maximum absolute atomic E-state index is 4.78. The van der Waals surface area contributed by atoms with Crippen molar-refractivity contribution in [2.75, 3.05) is 0 Å². The molecule has 0 radical (unpaired) electrons. The highest BCUT2D eigenvalue weighted by Gasteiger charge is 2.23. The summed E-state index contributed by atoms with van der Waals surface area (Å²) in [5, 5.41) is 31.9. The zero-order valence-electron chi connectivity index (χ0n) is 68.8. The lowest BCUT2D eigenvalue weighted by Gasteiger charge is -2.17. The van der Waals surface area contributed by atoms with Gasteiger partial charge in [-0.2, -0.15) is 0 Å². The van der Waals surface area contributed by atoms with Crippen LogP contribution in [0.5, 0.6) is 0 Å². The van der Waals surface area contributed by atoms with Gasteiger partial charge in [-0.1, -0.05) is 315 Å². The van der Waals surface area contributed by atoms with Crippen molar-refractivity contribution < 1.29 is 0 Å². The molecule has 0 amide bonds. The van der Waals surface area contributed by atoms with Crippen LogP contribution in [0.1, 0.15) is 0 Å². The van der Waals surface area contributed by atoms with Crippen molar-refractivity contribution in [3.05, 3.63) is 444 Å². The molecule has 0 fully saturated rings. The molecule has 0 atom stereocenters. The molecular formula is C120H73N7. The fraction of sp³-hybridized carbons (Fsp3) is 0. The minimum absolute atomic E-state index is 1.01. The van der Waals surface area contributed by atoms with Crippen molar-refractivity contribution in [3.63, 3.8) is 0 Å². The topological polar surface area (TPSA) is 66.3 Å². The molecule has 0 aliphatic carbocycles. The maximum atomic E-state index is 4.78. The van der Waals surface area contributed by atoms with Crippen LogP contribution in [-0.2, 0) is 0 Å². The summed E-state index contributed by atoms with van der Waals surface area (Å²) in [7, 11) is 0. The largest absolute Gasteiger partial charge is 0.309 e. The van der Waals surface area contributed by atoms with Gasteiger partial charge in [0, 0.05) is 96.2 Å². The van der Waals surface area contributed by atoms with Crippen LogP contribution in [0.25, 0.3) is 257 Å². The average Bonchev–Trinajstić information content (AvgIpc) is 1.73. The molecule has 0 aliphatic rings. The minimum Gasteiger partial charge on any atom is -0.309 e. The summed E-state index contributed by atoms with van der Waals surface area (Å²) in [6.45, 7) is 0. The van der Waals surface area contributed by atoms with E-state index in [1.165, 1.54) is 224 Å². The predicted molar refractivity (Wildman–Crippen MR) is 535 cm³/mol. The highest BCUT2D eigenvalue weighted by Crippen LogP contribution is 2.48. The molecular weight excluding hydrogens is 1540 g/mol. The molecule has 0 saturated carbocycles. The Hall–Kier alpha value is -17.0. The van der Waals surface area contributed by atoms with E-state index in [4.69, 9.17) is 4.98 Å². The normalized spacial score (nSPS) is 11.9. The van der Waals surface area contributed by atoms with Crippen molar-refractivity contribution in [3.8, 4) is 84.0 Å². The van der Waals surface area contributed by atoms with Gasteiger partial charge in [-0.25, -0.2) is 9.97 Å². The monoisotopic (exact) mass is 1610 g/mol. The molecule has 127 heavy (non-hydrogen) atoms. The van der Waals surface area contributed by atoms with Gasteiger partial charge in [0.2, 0.25) is 0 Å². The van der Waals surface area contributed by atoms with E-state index in [1.54, 1.807) is 6.33 Å². The molecule has 0 spiro atoms. The Kier molecular flexibility index (Phi) is 16.3. The van der Waals surface area contributed by atoms with Gasteiger partial charge in [-0.3, -0.25) is 9.97 Å². The van der Waals surface area contributed by atoms with Gasteiger partial charge < -0.3 is 13.7 Å². The van der Waals surface area contributed by atoms with Crippen molar-refractivity contribution in [2.45, 2.75) is 0 Å². The fourth-order valence-electron chi connectivity index (χ4n) is 21.0. The summed E-state index contributed by atoms with van der Waals surface area (Å²) in [4.78, 5) is 18.0. The zero-order valence-corrected chi connectivity index (χ0v) is 68.8. The van der Waals surface area contributed by atoms with Crippen LogP contribution in [0.15, 0.2) is 444 Å². The van der Waals surface area contributed by atoms with Crippen LogP contribution >= 0.6 is 0 Å². The first kappa shape index (κ1) is 71.7. The molecule has 6 heterocycles. The zero-order chi connectivity index (χ0) is 83.3. The fourth-order valence-corrected chi connectivity index (χ4v) is 21.0. The van der Waals surface area contributed by atoms with E-state index in [0.717, 1.165) is 33.3 Å². The average molecular weight is 1610 g/mol. The lowest BCUT2D eigenvalue weighted by atomic mass is 9.87. The highest BCUT2D eigenvalue weighted by atomic mass is 15.0. The summed E-state index contributed by atoms with van der Waals surface area (Å²) in [5.41, 5.74) is 26.0. The molecule has 7 heteroatoms. The smallest absolute Gasteiger partial charge is 0.115 e. The first-order valence-electron chi connectivity index (χ1n) is 43.4. The number of hydrogen-bond acceptors (Lipinski definition) is 4. The van der Waals surface area contributed by atoms with E-state index < -0.39 is 0 Å². The lowest BCUT2D eigenvalue weighted by Crippen LogP contribution is -1.94. The molecule has 28 aromatic rings. The molecule has 28 rings (SSSR count). The second-order valence-corrected chi connectivity index (χ2v) is 33.5. The molecule has 588 valence electrons. The van der Waals surface area contributed by atoms with E-state index in [9.17, 15) is 0 Å². The number of nitrogens with zero attached hydrogens (tertiary/aromatic N) is 7. The summed E-state index contributed by atoms with van der Waals surface area (Å²) in [5.74, 6) is 0. The van der Waals surface area contributed by atoms with E-state index >= 15 is 0 Å². The lowest BCUT2D eigenvalue weighted by molar-refractivity contribution is 1.17. The van der Waals surface area contributed by atoms with Crippen LogP contribution < -0.4 is 0 Å². The van der Waals surface area contributed by atoms with E-state index in [2.05, 4.69) is 429 Å². The second kappa shape index (κ2) is 28.8. The number of para-hydroxylation sites is 7. The van der Waals surface area contributed by atoms with Crippen LogP contribution in [0.3, 0.4) is 0 Å². The van der Waals surface area contributed by atoms with Crippen molar-refractivity contribution in [1.29, 1.82) is 0 Å². The Morgan fingerprint density at radius 2 is 0.449 bits per heavy atom. The molecule has 0 N–H and O–H groups in total. The van der Waals surface area contributed by atoms with Crippen LogP contribution in [0, 0.1) is 0 Å². The molecule has 22 aromatic carbocycles. The van der Waals surface area contributed by atoms with E-state index in [1.807, 2.05) is 36.9 Å². The summed E-state index contributed by atoms with van der Waals surface area (Å²) in [6, 6.07) is 150. The summed E-state index contributed by atoms with van der Waals surface area (Å²) in [6.07, 6.45) is 9.25. The molecule has 0 bridgehead atoms. The predicted octanol–water partition coefficient (Wildman–Crippen LogP) is 31.8. The molecule has 7 nitrogen and oxygen atoms in total. The van der Waals surface area contributed by atoms with Crippen LogP contribution in [-0.4, -0.2) is 33.6 Å². The molecule has 6 aromatic heterocycles. The quantitative estimate of drug-likeness (QED) is 0.135. The second-order valence-electron chi connectivity index (χ2n) is 33.5. The van der Waals surface area contributed by atoms with E-state index in [-0.39, 0.29) is 0 Å². The van der Waals surface area contributed by atoms with Crippen LogP contribution in [0.2, 0.25) is 0 Å². The third-order valence-electron chi connectivity index (χ3n) is 26.8.